The van der Waals surface area contributed by atoms with Crippen molar-refractivity contribution in [3.8, 4) is 24.3 Å². The Kier molecular flexibility index (Phi) is 20.5. The number of aromatic nitrogens is 4. The Morgan fingerprint density at radius 3 is 0.656 bits per heavy atom. The van der Waals surface area contributed by atoms with Gasteiger partial charge in [0.2, 0.25) is 47.3 Å². The molecule has 28 heteroatoms. The summed E-state index contributed by atoms with van der Waals surface area (Å²) < 4.78 is 0. The summed E-state index contributed by atoms with van der Waals surface area (Å²) in [5.41, 5.74) is 4.99. The number of nitriles is 4. The monoisotopic (exact) mass is 1760 g/mol. The highest BCUT2D eigenvalue weighted by atomic mass is 35.5. The van der Waals surface area contributed by atoms with Crippen LogP contribution in [-0.2, 0) is 60.0 Å². The lowest BCUT2D eigenvalue weighted by Crippen LogP contribution is -2.42. The Labute approximate surface area is 737 Å². The number of amides is 8. The fraction of sp³-hybridized carbons (Fsp3) is 0.149. The first-order valence-corrected chi connectivity index (χ1v) is 40.7. The van der Waals surface area contributed by atoms with Crippen LogP contribution >= 0.6 is 92.8 Å². The van der Waals surface area contributed by atoms with Crippen LogP contribution in [0.1, 0.15) is 80.6 Å². The van der Waals surface area contributed by atoms with E-state index in [1.54, 1.807) is 171 Å². The van der Waals surface area contributed by atoms with Gasteiger partial charge in [0.15, 0.2) is 0 Å². The van der Waals surface area contributed by atoms with Gasteiger partial charge in [-0.2, -0.15) is 21.0 Å². The summed E-state index contributed by atoms with van der Waals surface area (Å²) in [4.78, 5) is 129. The number of nitrogens with zero attached hydrogens (tertiary/aromatic N) is 12. The van der Waals surface area contributed by atoms with Crippen LogP contribution in [0.15, 0.2) is 268 Å². The van der Waals surface area contributed by atoms with Gasteiger partial charge < -0.3 is 0 Å². The minimum atomic E-state index is -0.992. The van der Waals surface area contributed by atoms with Crippen molar-refractivity contribution in [2.75, 3.05) is 19.6 Å². The number of benzene rings is 8. The third-order valence-corrected chi connectivity index (χ3v) is 26.8. The Bertz CT molecular complexity index is 6120. The van der Waals surface area contributed by atoms with Gasteiger partial charge in [-0.15, -0.1) is 0 Å². The average molecular weight is 1770 g/mol. The molecule has 8 heterocycles. The second-order valence-corrected chi connectivity index (χ2v) is 34.2. The maximum Gasteiger partial charge on any atom is 0.241 e. The van der Waals surface area contributed by atoms with E-state index in [9.17, 15) is 48.9 Å². The molecule has 8 fully saturated rings. The Hall–Kier alpha value is -12.8. The van der Waals surface area contributed by atoms with E-state index in [2.05, 4.69) is 44.2 Å². The number of carbonyl (C=O) groups is 8. The van der Waals surface area contributed by atoms with E-state index in [1.807, 2.05) is 111 Å². The van der Waals surface area contributed by atoms with Crippen molar-refractivity contribution in [1.29, 1.82) is 21.0 Å². The molecule has 596 valence electrons. The zero-order valence-corrected chi connectivity index (χ0v) is 69.6. The van der Waals surface area contributed by atoms with Crippen molar-refractivity contribution in [2.24, 2.45) is 46.3 Å². The largest absolute Gasteiger partial charge is 0.274 e. The van der Waals surface area contributed by atoms with E-state index in [1.165, 1.54) is 19.6 Å². The van der Waals surface area contributed by atoms with Gasteiger partial charge in [-0.1, -0.05) is 141 Å². The number of imide groups is 4. The van der Waals surface area contributed by atoms with Gasteiger partial charge in [-0.25, -0.2) is 19.6 Å². The molecule has 122 heavy (non-hydrogen) atoms. The lowest BCUT2D eigenvalue weighted by Gasteiger charge is -2.29. The molecule has 4 aromatic heterocycles. The minimum Gasteiger partial charge on any atom is -0.274 e. The second kappa shape index (κ2) is 30.7. The van der Waals surface area contributed by atoms with E-state index < -0.39 is 68.0 Å². The van der Waals surface area contributed by atoms with Gasteiger partial charge in [0.05, 0.1) is 116 Å². The average Bonchev–Trinajstić information content (AvgIpc) is 1.45. The van der Waals surface area contributed by atoms with Crippen LogP contribution in [0.25, 0.3) is 0 Å². The van der Waals surface area contributed by atoms with Crippen molar-refractivity contribution >= 4 is 163 Å². The first kappa shape index (κ1) is 81.6. The molecule has 20 rings (SSSR count). The van der Waals surface area contributed by atoms with E-state index >= 15 is 0 Å². The molecule has 4 saturated carbocycles. The summed E-state index contributed by atoms with van der Waals surface area (Å²) in [5.74, 6) is -5.72. The van der Waals surface area contributed by atoms with Crippen LogP contribution < -0.4 is 19.6 Å². The second-order valence-electron chi connectivity index (χ2n) is 30.7. The summed E-state index contributed by atoms with van der Waals surface area (Å²) in [6, 6.07) is 70.0. The van der Waals surface area contributed by atoms with Crippen molar-refractivity contribution in [3.63, 3.8) is 0 Å². The molecular formula is C94H56Cl8N12O8. The number of anilines is 4. The fourth-order valence-corrected chi connectivity index (χ4v) is 21.9. The van der Waals surface area contributed by atoms with Crippen molar-refractivity contribution < 1.29 is 38.4 Å². The molecule has 8 aromatic carbocycles. The highest BCUT2D eigenvalue weighted by molar-refractivity contribution is 6.40. The standard InChI is InChI=1S/2C24H15Cl2N3O2.2C23H13Cl2N3O2/c2*1-23-20(21(30)29(22(23)31)19-11-17(25)10-18(26)12-19)24(23,16-6-8-28-9-7-16)15-4-2-14(13-27)3-5-15;2*24-16-9-17(25)11-18(10-16)28-21(29)19-20(22(28)30)23(19,15-5-7-27-8-6-15)14-3-1-13(12-26)2-4-14/h2*2-12,20H,1H3;2*1-11,19-20H/t20-,23-,24+;20-,23-,24-;2*19-,20+,23?/m11../s1. The number of carbonyl (C=O) groups excluding carboxylic acids is 8. The number of hydrogen-bond donors (Lipinski definition) is 0. The zero-order chi connectivity index (χ0) is 86.0. The van der Waals surface area contributed by atoms with Crippen LogP contribution in [-0.4, -0.2) is 67.2 Å². The molecule has 0 radical (unpaired) electrons. The Morgan fingerprint density at radius 2 is 0.451 bits per heavy atom. The highest BCUT2D eigenvalue weighted by Gasteiger charge is 2.88. The molecule has 4 aliphatic heterocycles. The van der Waals surface area contributed by atoms with Crippen molar-refractivity contribution in [3.05, 3.63) is 375 Å². The molecular weight excluding hydrogens is 1710 g/mol. The first-order valence-electron chi connectivity index (χ1n) is 37.7. The molecule has 0 N–H and O–H groups in total. The van der Waals surface area contributed by atoms with Crippen LogP contribution in [0, 0.1) is 91.7 Å². The molecule has 8 aliphatic rings. The Balaban J connectivity index is 0.000000116. The molecule has 12 aromatic rings. The molecule has 8 amide bonds. The van der Waals surface area contributed by atoms with Gasteiger partial charge in [0.1, 0.15) is 0 Å². The molecule has 20 nitrogen and oxygen atoms in total. The lowest BCUT2D eigenvalue weighted by molar-refractivity contribution is -0.127. The van der Waals surface area contributed by atoms with Crippen LogP contribution in [0.2, 0.25) is 40.2 Å². The van der Waals surface area contributed by atoms with Gasteiger partial charge in [0, 0.05) is 111 Å². The SMILES string of the molecule is C[C@]12C(=O)N(c3cc(Cl)cc(Cl)c3)C(=O)[C@H]1[C@@]2(c1ccncc1)c1ccc(C#N)cc1.C[C@]12C(=O)N(c3cc(Cl)cc(Cl)c3)C(=O)[C@H]1[C@]2(c1ccncc1)c1ccc(C#N)cc1.N#Cc1ccc(C2(c3ccncc3)[C@@H]3C(=O)N(c4cc(Cl)cc(Cl)c4)C(=O)[C@@H]32)cc1.N#Cc1ccc(C2(c3ccncc3)[C@@H]3C(=O)N(c4cc(Cl)cc(Cl)c4)C(=O)[C@@H]32)cc1. The van der Waals surface area contributed by atoms with Gasteiger partial charge >= 0.3 is 0 Å². The van der Waals surface area contributed by atoms with E-state index in [-0.39, 0.29) is 47.3 Å². The van der Waals surface area contributed by atoms with Crippen molar-refractivity contribution in [2.45, 2.75) is 35.5 Å². The first-order chi connectivity index (χ1) is 58.7. The van der Waals surface area contributed by atoms with Crippen LogP contribution in [0.4, 0.5) is 22.7 Å². The summed E-state index contributed by atoms with van der Waals surface area (Å²) >= 11 is 48.8. The maximum atomic E-state index is 13.7. The zero-order valence-electron chi connectivity index (χ0n) is 63.5. The highest BCUT2D eigenvalue weighted by Crippen LogP contribution is 2.79. The van der Waals surface area contributed by atoms with E-state index in [4.69, 9.17) is 103 Å². The smallest absolute Gasteiger partial charge is 0.241 e. The Morgan fingerprint density at radius 1 is 0.262 bits per heavy atom. The van der Waals surface area contributed by atoms with Gasteiger partial charge in [-0.3, -0.25) is 58.3 Å². The molecule has 0 spiro atoms. The van der Waals surface area contributed by atoms with Crippen LogP contribution in [0.5, 0.6) is 0 Å². The topological polar surface area (TPSA) is 296 Å². The molecule has 4 saturated heterocycles. The van der Waals surface area contributed by atoms with Crippen LogP contribution in [0.3, 0.4) is 0 Å². The van der Waals surface area contributed by atoms with Gasteiger partial charge in [0.25, 0.3) is 0 Å². The molecule has 12 atom stereocenters. The van der Waals surface area contributed by atoms with Gasteiger partial charge in [-0.05, 0) is 228 Å². The fourth-order valence-electron chi connectivity index (χ4n) is 19.9. The number of rotatable bonds is 12. The third kappa shape index (κ3) is 12.3. The number of piperidine rings is 4. The predicted octanol–water partition coefficient (Wildman–Crippen LogP) is 18.2. The summed E-state index contributed by atoms with van der Waals surface area (Å²) in [7, 11) is 0. The predicted molar refractivity (Wildman–Crippen MR) is 458 cm³/mol. The number of hydrogen-bond acceptors (Lipinski definition) is 16. The quantitative estimate of drug-likeness (QED) is 0.103. The molecule has 2 unspecified atom stereocenters. The number of fused-ring (bicyclic) bond motifs is 4. The minimum absolute atomic E-state index is 0.287. The normalized spacial score (nSPS) is 25.5. The van der Waals surface area contributed by atoms with E-state index in [0.29, 0.717) is 85.2 Å². The summed E-state index contributed by atoms with van der Waals surface area (Å²) in [6.07, 6.45) is 13.2. The van der Waals surface area contributed by atoms with E-state index in [0.717, 1.165) is 44.5 Å². The molecule has 0 bridgehead atoms. The molecule has 4 aliphatic carbocycles. The maximum absolute atomic E-state index is 13.7. The van der Waals surface area contributed by atoms with Crippen molar-refractivity contribution in [1.82, 2.24) is 19.9 Å². The number of halogens is 8. The lowest BCUT2D eigenvalue weighted by atomic mass is 9.79. The third-order valence-electron chi connectivity index (χ3n) is 25.0. The summed E-state index contributed by atoms with van der Waals surface area (Å²) in [6.45, 7) is 3.64. The summed E-state index contributed by atoms with van der Waals surface area (Å²) in [5, 5.41) is 39.4. The number of pyridine rings is 4.